The summed E-state index contributed by atoms with van der Waals surface area (Å²) < 4.78 is 12.9. The highest BCUT2D eigenvalue weighted by atomic mass is 79.9. The quantitative estimate of drug-likeness (QED) is 0.345. The van der Waals surface area contributed by atoms with Gasteiger partial charge in [-0.15, -0.1) is 0 Å². The van der Waals surface area contributed by atoms with Gasteiger partial charge in [-0.3, -0.25) is 0 Å². The average molecular weight is 478 g/mol. The van der Waals surface area contributed by atoms with E-state index < -0.39 is 5.97 Å². The Morgan fingerprint density at radius 3 is 1.97 bits per heavy atom. The number of aromatic nitrogens is 1. The molecule has 0 atom stereocenters. The molecule has 1 heterocycles. The molecular formula is C25H20BrNO4. The number of pyridine rings is 1. The number of carboxylic acids is 1. The molecule has 6 heteroatoms. The van der Waals surface area contributed by atoms with Gasteiger partial charge in [0, 0.05) is 10.9 Å². The van der Waals surface area contributed by atoms with Crippen molar-refractivity contribution in [1.82, 2.24) is 4.98 Å². The molecule has 156 valence electrons. The minimum absolute atomic E-state index is 0.0572. The molecule has 0 aliphatic rings. The maximum atomic E-state index is 11.9. The van der Waals surface area contributed by atoms with E-state index in [0.29, 0.717) is 45.7 Å². The fourth-order valence-corrected chi connectivity index (χ4v) is 3.77. The Labute approximate surface area is 188 Å². The molecule has 0 saturated carbocycles. The average Bonchev–Trinajstić information content (AvgIpc) is 2.78. The summed E-state index contributed by atoms with van der Waals surface area (Å²) in [7, 11) is 0. The third kappa shape index (κ3) is 4.54. The molecule has 0 aliphatic heterocycles. The molecule has 0 fully saturated rings. The minimum Gasteiger partial charge on any atom is -0.488 e. The maximum Gasteiger partial charge on any atom is 0.354 e. The van der Waals surface area contributed by atoms with E-state index in [1.165, 1.54) is 0 Å². The highest BCUT2D eigenvalue weighted by molar-refractivity contribution is 9.10. The Balaban J connectivity index is 1.78. The van der Waals surface area contributed by atoms with Gasteiger partial charge in [0.1, 0.15) is 24.5 Å². The number of rotatable bonds is 7. The first-order valence-corrected chi connectivity index (χ1v) is 10.5. The molecule has 0 radical (unpaired) electrons. The minimum atomic E-state index is -1.11. The number of hydrogen-bond donors (Lipinski definition) is 1. The second-order valence-corrected chi connectivity index (χ2v) is 7.90. The Bertz CT molecular complexity index is 1230. The van der Waals surface area contributed by atoms with Crippen LogP contribution < -0.4 is 9.47 Å². The molecule has 3 aromatic carbocycles. The normalized spacial score (nSPS) is 10.8. The number of ether oxygens (including phenoxy) is 2. The summed E-state index contributed by atoms with van der Waals surface area (Å²) in [6.07, 6.45) is 0. The summed E-state index contributed by atoms with van der Waals surface area (Å²) in [6, 6.07) is 23.2. The summed E-state index contributed by atoms with van der Waals surface area (Å²) >= 11 is 3.52. The molecule has 31 heavy (non-hydrogen) atoms. The summed E-state index contributed by atoms with van der Waals surface area (Å²) in [6.45, 7) is 2.36. The maximum absolute atomic E-state index is 11.9. The van der Waals surface area contributed by atoms with Crippen LogP contribution in [0.5, 0.6) is 11.5 Å². The topological polar surface area (TPSA) is 68.7 Å². The van der Waals surface area contributed by atoms with Gasteiger partial charge in [-0.25, -0.2) is 9.78 Å². The fraction of sp³-hybridized carbons (Fsp3) is 0.120. The second kappa shape index (κ2) is 9.18. The number of benzene rings is 3. The van der Waals surface area contributed by atoms with Gasteiger partial charge >= 0.3 is 5.97 Å². The predicted molar refractivity (Wildman–Crippen MR) is 123 cm³/mol. The Kier molecular flexibility index (Phi) is 6.18. The van der Waals surface area contributed by atoms with Crippen LogP contribution in [0.3, 0.4) is 0 Å². The molecule has 5 nitrogen and oxygen atoms in total. The molecule has 0 unspecified atom stereocenters. The molecule has 0 aliphatic carbocycles. The van der Waals surface area contributed by atoms with Gasteiger partial charge in [0.2, 0.25) is 0 Å². The van der Waals surface area contributed by atoms with Crippen molar-refractivity contribution < 1.29 is 19.4 Å². The molecule has 0 bridgehead atoms. The lowest BCUT2D eigenvalue weighted by molar-refractivity contribution is 0.0689. The first-order valence-electron chi connectivity index (χ1n) is 9.74. The zero-order chi connectivity index (χ0) is 21.8. The number of hydrogen-bond acceptors (Lipinski definition) is 4. The summed E-state index contributed by atoms with van der Waals surface area (Å²) in [4.78, 5) is 16.3. The molecule has 1 aromatic heterocycles. The van der Waals surface area contributed by atoms with Crippen molar-refractivity contribution in [3.05, 3.63) is 99.7 Å². The monoisotopic (exact) mass is 477 g/mol. The van der Waals surface area contributed by atoms with Crippen molar-refractivity contribution in [3.8, 4) is 11.5 Å². The van der Waals surface area contributed by atoms with Crippen molar-refractivity contribution in [2.24, 2.45) is 0 Å². The molecule has 1 N–H and O–H groups in total. The van der Waals surface area contributed by atoms with Gasteiger partial charge in [-0.2, -0.15) is 0 Å². The van der Waals surface area contributed by atoms with Crippen LogP contribution in [-0.4, -0.2) is 16.1 Å². The first kappa shape index (κ1) is 20.9. The van der Waals surface area contributed by atoms with Gasteiger partial charge in [-0.1, -0.05) is 60.7 Å². The third-order valence-corrected chi connectivity index (χ3v) is 5.53. The van der Waals surface area contributed by atoms with Crippen molar-refractivity contribution in [3.63, 3.8) is 0 Å². The lowest BCUT2D eigenvalue weighted by Crippen LogP contribution is -2.08. The van der Waals surface area contributed by atoms with Crippen molar-refractivity contribution >= 4 is 32.8 Å². The van der Waals surface area contributed by atoms with Crippen LogP contribution in [0.4, 0.5) is 0 Å². The first-order chi connectivity index (χ1) is 15.0. The van der Waals surface area contributed by atoms with E-state index >= 15 is 0 Å². The van der Waals surface area contributed by atoms with Crippen LogP contribution in [0.1, 0.15) is 27.2 Å². The lowest BCUT2D eigenvalue weighted by Gasteiger charge is -2.17. The zero-order valence-electron chi connectivity index (χ0n) is 16.8. The van der Waals surface area contributed by atoms with E-state index in [1.54, 1.807) is 6.92 Å². The number of nitrogens with zero attached hydrogens (tertiary/aromatic N) is 1. The smallest absolute Gasteiger partial charge is 0.354 e. The van der Waals surface area contributed by atoms with E-state index in [9.17, 15) is 9.90 Å². The predicted octanol–water partition coefficient (Wildman–Crippen LogP) is 6.16. The van der Waals surface area contributed by atoms with E-state index in [2.05, 4.69) is 20.9 Å². The van der Waals surface area contributed by atoms with E-state index in [-0.39, 0.29) is 5.69 Å². The molecule has 4 aromatic rings. The molecule has 0 amide bonds. The van der Waals surface area contributed by atoms with E-state index in [1.807, 2.05) is 72.8 Å². The largest absolute Gasteiger partial charge is 0.488 e. The number of halogens is 1. The summed E-state index contributed by atoms with van der Waals surface area (Å²) in [5.74, 6) is -0.144. The molecule has 0 spiro atoms. The van der Waals surface area contributed by atoms with Crippen molar-refractivity contribution in [2.45, 2.75) is 20.1 Å². The Morgan fingerprint density at radius 2 is 1.42 bits per heavy atom. The van der Waals surface area contributed by atoms with Crippen LogP contribution in [0.25, 0.3) is 10.9 Å². The number of carbonyl (C=O) groups is 1. The Morgan fingerprint density at radius 1 is 0.871 bits per heavy atom. The van der Waals surface area contributed by atoms with Crippen LogP contribution >= 0.6 is 15.9 Å². The highest BCUT2D eigenvalue weighted by Gasteiger charge is 2.21. The molecule has 4 rings (SSSR count). The highest BCUT2D eigenvalue weighted by Crippen LogP contribution is 2.39. The van der Waals surface area contributed by atoms with Crippen molar-refractivity contribution in [1.29, 1.82) is 0 Å². The second-order valence-electron chi connectivity index (χ2n) is 7.04. The fourth-order valence-electron chi connectivity index (χ4n) is 3.34. The van der Waals surface area contributed by atoms with Crippen molar-refractivity contribution in [2.75, 3.05) is 0 Å². The molecule has 0 saturated heterocycles. The van der Waals surface area contributed by atoms with Crippen LogP contribution in [0, 0.1) is 6.92 Å². The third-order valence-electron chi connectivity index (χ3n) is 4.90. The number of aromatic carboxylic acids is 1. The van der Waals surface area contributed by atoms with Gasteiger partial charge < -0.3 is 14.6 Å². The zero-order valence-corrected chi connectivity index (χ0v) is 18.4. The standard InChI is InChI=1S/C25H20BrNO4/c1-16-21(25(28)29)27-22-19(23(16)30-14-17-8-4-2-5-9-17)12-13-20(26)24(22)31-15-18-10-6-3-7-11-18/h2-13H,14-15H2,1H3,(H,28,29). The van der Waals surface area contributed by atoms with Crippen LogP contribution in [0.15, 0.2) is 77.3 Å². The number of carboxylic acid groups (broad SMARTS) is 1. The lowest BCUT2D eigenvalue weighted by atomic mass is 10.1. The van der Waals surface area contributed by atoms with Gasteiger partial charge in [0.25, 0.3) is 0 Å². The summed E-state index contributed by atoms with van der Waals surface area (Å²) in [5, 5.41) is 10.4. The summed E-state index contributed by atoms with van der Waals surface area (Å²) in [5.41, 5.74) is 2.85. The van der Waals surface area contributed by atoms with Gasteiger partial charge in [0.05, 0.1) is 4.47 Å². The number of fused-ring (bicyclic) bond motifs is 1. The van der Waals surface area contributed by atoms with Crippen LogP contribution in [-0.2, 0) is 13.2 Å². The van der Waals surface area contributed by atoms with E-state index in [4.69, 9.17) is 9.47 Å². The SMILES string of the molecule is Cc1c(C(=O)O)nc2c(OCc3ccccc3)c(Br)ccc2c1OCc1ccccc1. The molecular weight excluding hydrogens is 458 g/mol. The van der Waals surface area contributed by atoms with Gasteiger partial charge in [-0.05, 0) is 46.1 Å². The van der Waals surface area contributed by atoms with E-state index in [0.717, 1.165) is 11.1 Å². The van der Waals surface area contributed by atoms with Gasteiger partial charge in [0.15, 0.2) is 11.4 Å². The van der Waals surface area contributed by atoms with Crippen LogP contribution in [0.2, 0.25) is 0 Å². The Hall–Kier alpha value is -3.38.